The molecule has 130 valence electrons. The zero-order valence-corrected chi connectivity index (χ0v) is 13.9. The van der Waals surface area contributed by atoms with Crippen LogP contribution in [0.2, 0.25) is 5.15 Å². The van der Waals surface area contributed by atoms with Crippen LogP contribution in [0.5, 0.6) is 5.88 Å². The number of hydrogen-bond donors (Lipinski definition) is 0. The van der Waals surface area contributed by atoms with Crippen LogP contribution < -0.4 is 4.74 Å². The summed E-state index contributed by atoms with van der Waals surface area (Å²) in [5.74, 6) is 0.403. The maximum atomic E-state index is 5.77. The first-order chi connectivity index (χ1) is 11.2. The molecule has 1 aromatic carbocycles. The molecule has 0 saturated carbocycles. The fraction of sp³-hybridized carbons (Fsp3) is 0.412. The quantitative estimate of drug-likeness (QED) is 0.401. The van der Waals surface area contributed by atoms with Crippen LogP contribution in [0.3, 0.4) is 0 Å². The molecule has 0 aliphatic rings. The van der Waals surface area contributed by atoms with Crippen molar-refractivity contribution in [3.05, 3.63) is 53.4 Å². The number of halogens is 1. The third kappa shape index (κ3) is 15.1. The second kappa shape index (κ2) is 20.1. The molecule has 0 spiro atoms. The summed E-state index contributed by atoms with van der Waals surface area (Å²) in [4.78, 5) is 7.87. The molecular weight excluding hydrogens is 433 g/mol. The zero-order chi connectivity index (χ0) is 16.3. The molecule has 1 aromatic heterocycles. The van der Waals surface area contributed by atoms with Gasteiger partial charge < -0.3 is 14.2 Å². The van der Waals surface area contributed by atoms with Crippen molar-refractivity contribution in [2.45, 2.75) is 26.1 Å². The van der Waals surface area contributed by atoms with Gasteiger partial charge in [-0.3, -0.25) is 4.98 Å². The third-order valence-electron chi connectivity index (χ3n) is 3.11. The molecule has 0 radical (unpaired) electrons. The Kier molecular flexibility index (Phi) is 24.3. The van der Waals surface area contributed by atoms with Gasteiger partial charge in [-0.1, -0.05) is 41.9 Å². The van der Waals surface area contributed by atoms with Gasteiger partial charge in [-0.2, -0.15) is 4.98 Å². The van der Waals surface area contributed by atoms with Crippen LogP contribution in [0.4, 0.5) is 0 Å². The van der Waals surface area contributed by atoms with E-state index in [4.69, 9.17) is 25.8 Å². The molecule has 0 aliphatic carbocycles. The Labute approximate surface area is 288 Å². The fourth-order valence-corrected chi connectivity index (χ4v) is 1.99. The van der Waals surface area contributed by atoms with E-state index in [1.807, 2.05) is 25.1 Å². The van der Waals surface area contributed by atoms with E-state index >= 15 is 0 Å². The van der Waals surface area contributed by atoms with Crippen molar-refractivity contribution < 1.29 is 14.2 Å². The molecule has 1 heterocycles. The van der Waals surface area contributed by atoms with Crippen molar-refractivity contribution in [1.29, 1.82) is 0 Å². The van der Waals surface area contributed by atoms with Gasteiger partial charge in [0.05, 0.1) is 31.7 Å². The summed E-state index contributed by atoms with van der Waals surface area (Å²) in [5, 5.41) is 0.313. The van der Waals surface area contributed by atoms with Gasteiger partial charge in [-0.25, -0.2) is 0 Å². The molecule has 0 unspecified atom stereocenters. The van der Waals surface area contributed by atoms with Crippen molar-refractivity contribution in [3.63, 3.8) is 0 Å². The van der Waals surface area contributed by atoms with E-state index in [-0.39, 0.29) is 160 Å². The van der Waals surface area contributed by atoms with Crippen LogP contribution in [-0.4, -0.2) is 190 Å². The molecule has 0 saturated heterocycles. The molecule has 2 aromatic rings. The summed E-state index contributed by atoms with van der Waals surface area (Å²) >= 11 is 5.72. The normalized spacial score (nSPS) is 10.7. The van der Waals surface area contributed by atoms with E-state index in [9.17, 15) is 0 Å². The first-order valence-electron chi connectivity index (χ1n) is 7.57. The number of hydrogen-bond acceptors (Lipinski definition) is 5. The molecule has 0 bridgehead atoms. The van der Waals surface area contributed by atoms with E-state index < -0.39 is 0 Å². The van der Waals surface area contributed by atoms with Crippen molar-refractivity contribution in [1.82, 2.24) is 9.97 Å². The summed E-state index contributed by atoms with van der Waals surface area (Å²) < 4.78 is 16.7. The van der Waals surface area contributed by atoms with Crippen LogP contribution in [0, 0.1) is 0 Å². The minimum absolute atomic E-state index is 0. The fourth-order valence-electron chi connectivity index (χ4n) is 1.85. The maximum absolute atomic E-state index is 5.77. The third-order valence-corrected chi connectivity index (χ3v) is 3.29. The van der Waals surface area contributed by atoms with Crippen molar-refractivity contribution in [2.24, 2.45) is 0 Å². The number of benzene rings is 1. The van der Waals surface area contributed by atoms with Gasteiger partial charge in [-0.15, -0.1) is 0 Å². The number of rotatable bonds is 10. The molecule has 9 heteroatoms. The van der Waals surface area contributed by atoms with Gasteiger partial charge >= 0.3 is 154 Å². The second-order valence-electron chi connectivity index (χ2n) is 5.04. The molecule has 0 N–H and O–H groups in total. The topological polar surface area (TPSA) is 53.5 Å². The van der Waals surface area contributed by atoms with Crippen molar-refractivity contribution in [3.8, 4) is 5.88 Å². The molecule has 0 amide bonds. The number of aromatic nitrogens is 2. The van der Waals surface area contributed by atoms with Crippen LogP contribution in [0.1, 0.15) is 18.9 Å². The van der Waals surface area contributed by atoms with E-state index in [0.717, 1.165) is 6.42 Å². The molecule has 26 heavy (non-hydrogen) atoms. The Morgan fingerprint density at radius 1 is 1.00 bits per heavy atom. The van der Waals surface area contributed by atoms with Gasteiger partial charge in [-0.05, 0) is 18.9 Å². The standard InChI is InChI=1S/C17H21ClN2O3.3K.3H/c1-14(23-13-15-5-3-2-4-6-15)7-8-21-9-10-22-17-12-19-11-16(18)20-17;;;;;;/h2-6,11-12,14H,7-10,13H2,1H3;;;;;;/t14-;;;;;;/m0....../s1. The molecule has 0 fully saturated rings. The summed E-state index contributed by atoms with van der Waals surface area (Å²) in [7, 11) is 0. The van der Waals surface area contributed by atoms with Gasteiger partial charge in [0.1, 0.15) is 6.61 Å². The molecule has 2 rings (SSSR count). The zero-order valence-electron chi connectivity index (χ0n) is 13.2. The van der Waals surface area contributed by atoms with E-state index in [0.29, 0.717) is 37.5 Å². The summed E-state index contributed by atoms with van der Waals surface area (Å²) in [6, 6.07) is 10.1. The van der Waals surface area contributed by atoms with Gasteiger partial charge in [0.25, 0.3) is 0 Å². The average Bonchev–Trinajstić information content (AvgIpc) is 2.57. The average molecular weight is 457 g/mol. The monoisotopic (exact) mass is 456 g/mol. The number of nitrogens with zero attached hydrogens (tertiary/aromatic N) is 2. The Morgan fingerprint density at radius 2 is 1.73 bits per heavy atom. The Balaban J connectivity index is 0. The van der Waals surface area contributed by atoms with Crippen LogP contribution >= 0.6 is 11.6 Å². The van der Waals surface area contributed by atoms with Gasteiger partial charge in [0, 0.05) is 6.61 Å². The first kappa shape index (κ1) is 31.4. The van der Waals surface area contributed by atoms with Crippen LogP contribution in [0.15, 0.2) is 42.7 Å². The van der Waals surface area contributed by atoms with Crippen LogP contribution in [-0.2, 0) is 16.1 Å². The number of ether oxygens (including phenoxy) is 3. The van der Waals surface area contributed by atoms with Gasteiger partial charge in [0.2, 0.25) is 5.88 Å². The Hall–Kier alpha value is 3.22. The molecule has 0 aliphatic heterocycles. The van der Waals surface area contributed by atoms with E-state index in [2.05, 4.69) is 22.1 Å². The summed E-state index contributed by atoms with van der Waals surface area (Å²) in [5.41, 5.74) is 1.18. The molecule has 1 atom stereocenters. The van der Waals surface area contributed by atoms with E-state index in [1.54, 1.807) is 0 Å². The summed E-state index contributed by atoms with van der Waals surface area (Å²) in [6.07, 6.45) is 3.96. The predicted molar refractivity (Wildman–Crippen MR) is 110 cm³/mol. The minimum atomic E-state index is 0. The SMILES string of the molecule is C[C@@H](CCOCCOc1cncc(Cl)n1)OCc1ccccc1.[KH].[KH].[KH]. The molecule has 5 nitrogen and oxygen atoms in total. The van der Waals surface area contributed by atoms with E-state index in [1.165, 1.54) is 18.0 Å². The Bertz CT molecular complexity index is 582. The molecular formula is C17H24ClK3N2O3. The predicted octanol–water partition coefficient (Wildman–Crippen LogP) is 1.58. The van der Waals surface area contributed by atoms with Crippen LogP contribution in [0.25, 0.3) is 0 Å². The first-order valence-corrected chi connectivity index (χ1v) is 7.95. The Morgan fingerprint density at radius 3 is 2.42 bits per heavy atom. The van der Waals surface area contributed by atoms with Crippen molar-refractivity contribution in [2.75, 3.05) is 19.8 Å². The van der Waals surface area contributed by atoms with Crippen molar-refractivity contribution >= 4 is 166 Å². The summed E-state index contributed by atoms with van der Waals surface area (Å²) in [6.45, 7) is 4.19. The second-order valence-corrected chi connectivity index (χ2v) is 5.42. The van der Waals surface area contributed by atoms with Gasteiger partial charge in [0.15, 0.2) is 5.15 Å².